The van der Waals surface area contributed by atoms with E-state index in [1.54, 1.807) is 0 Å². The summed E-state index contributed by atoms with van der Waals surface area (Å²) in [6, 6.07) is 0. The minimum Gasteiger partial charge on any atom is -0.393 e. The molecule has 0 saturated heterocycles. The summed E-state index contributed by atoms with van der Waals surface area (Å²) in [6.07, 6.45) is 9.10. The highest BCUT2D eigenvalue weighted by atomic mass is 16.3. The van der Waals surface area contributed by atoms with Crippen molar-refractivity contribution in [1.29, 1.82) is 0 Å². The standard InChI is InChI=1S/C30H50O3/c1-24(2)11-12-26(5)13-14-29(8)23(33)30(16-15-27(29,6)20(26)18-24)22(32)17-19-25(3,4)21(31)9-10-28(19,30)7/h19-22,31-32H,9-18H2,1-8H3. The van der Waals surface area contributed by atoms with Crippen molar-refractivity contribution in [2.24, 2.45) is 49.7 Å². The summed E-state index contributed by atoms with van der Waals surface area (Å²) in [5.74, 6) is 1.14. The van der Waals surface area contributed by atoms with Crippen molar-refractivity contribution in [3.8, 4) is 0 Å². The van der Waals surface area contributed by atoms with Crippen LogP contribution in [-0.2, 0) is 4.79 Å². The van der Waals surface area contributed by atoms with Gasteiger partial charge >= 0.3 is 0 Å². The zero-order valence-corrected chi connectivity index (χ0v) is 22.7. The monoisotopic (exact) mass is 458 g/mol. The summed E-state index contributed by atoms with van der Waals surface area (Å²) in [6.45, 7) is 18.8. The topological polar surface area (TPSA) is 57.5 Å². The summed E-state index contributed by atoms with van der Waals surface area (Å²) >= 11 is 0. The quantitative estimate of drug-likeness (QED) is 0.433. The maximum absolute atomic E-state index is 15.0. The molecule has 0 amide bonds. The number of hydrogen-bond donors (Lipinski definition) is 2. The minimum atomic E-state index is -0.652. The molecule has 3 nitrogen and oxygen atoms in total. The largest absolute Gasteiger partial charge is 0.393 e. The van der Waals surface area contributed by atoms with E-state index < -0.39 is 11.5 Å². The third-order valence-electron chi connectivity index (χ3n) is 13.7. The van der Waals surface area contributed by atoms with Gasteiger partial charge in [0.15, 0.2) is 0 Å². The van der Waals surface area contributed by atoms with Gasteiger partial charge < -0.3 is 10.2 Å². The van der Waals surface area contributed by atoms with Gasteiger partial charge in [-0.2, -0.15) is 0 Å². The van der Waals surface area contributed by atoms with Gasteiger partial charge in [-0.1, -0.05) is 55.4 Å². The molecule has 5 fully saturated rings. The smallest absolute Gasteiger partial charge is 0.148 e. The first-order valence-electron chi connectivity index (χ1n) is 13.9. The molecule has 5 aliphatic carbocycles. The number of hydrogen-bond acceptors (Lipinski definition) is 3. The second-order valence-electron chi connectivity index (χ2n) is 15.7. The van der Waals surface area contributed by atoms with E-state index in [1.165, 1.54) is 19.3 Å². The van der Waals surface area contributed by atoms with E-state index >= 15 is 0 Å². The number of carbonyl (C=O) groups excluding carboxylic acids is 1. The van der Waals surface area contributed by atoms with Crippen LogP contribution in [0.4, 0.5) is 0 Å². The predicted molar refractivity (Wildman–Crippen MR) is 133 cm³/mol. The highest BCUT2D eigenvalue weighted by molar-refractivity contribution is 5.94. The fourth-order valence-corrected chi connectivity index (χ4v) is 10.9. The molecular weight excluding hydrogens is 408 g/mol. The molecule has 1 spiro atoms. The van der Waals surface area contributed by atoms with E-state index in [0.717, 1.165) is 38.5 Å². The Bertz CT molecular complexity index is 861. The van der Waals surface area contributed by atoms with E-state index in [4.69, 9.17) is 0 Å². The van der Waals surface area contributed by atoms with Gasteiger partial charge in [-0.15, -0.1) is 0 Å². The van der Waals surface area contributed by atoms with Gasteiger partial charge in [-0.25, -0.2) is 0 Å². The van der Waals surface area contributed by atoms with Crippen molar-refractivity contribution in [2.75, 3.05) is 0 Å². The maximum Gasteiger partial charge on any atom is 0.148 e. The van der Waals surface area contributed by atoms with Crippen LogP contribution in [0, 0.1) is 49.7 Å². The van der Waals surface area contributed by atoms with Gasteiger partial charge in [-0.3, -0.25) is 4.79 Å². The molecule has 33 heavy (non-hydrogen) atoms. The number of rotatable bonds is 0. The van der Waals surface area contributed by atoms with Crippen molar-refractivity contribution >= 4 is 5.78 Å². The Labute approximate surface area is 202 Å². The SMILES string of the molecule is CC1(C)CCC2(C)CCC3(C)C(=O)C4(CCC3(C)C2C1)C(O)CC1C(C)(C)C(O)CCC14C. The van der Waals surface area contributed by atoms with E-state index in [1.807, 2.05) is 0 Å². The fourth-order valence-electron chi connectivity index (χ4n) is 10.9. The minimum absolute atomic E-state index is 0.00209. The van der Waals surface area contributed by atoms with Crippen LogP contribution in [0.2, 0.25) is 0 Å². The van der Waals surface area contributed by atoms with Gasteiger partial charge in [0.05, 0.1) is 17.6 Å². The molecule has 0 heterocycles. The number of fused-ring (bicyclic) bond motifs is 5. The Balaban J connectivity index is 1.59. The fraction of sp³-hybridized carbons (Fsp3) is 0.967. The molecular formula is C30H50O3. The average molecular weight is 459 g/mol. The molecule has 0 radical (unpaired) electrons. The third kappa shape index (κ3) is 2.68. The van der Waals surface area contributed by atoms with Gasteiger partial charge in [0.25, 0.3) is 0 Å². The lowest BCUT2D eigenvalue weighted by molar-refractivity contribution is -0.216. The van der Waals surface area contributed by atoms with E-state index in [2.05, 4.69) is 55.4 Å². The van der Waals surface area contributed by atoms with Crippen LogP contribution in [0.25, 0.3) is 0 Å². The molecule has 188 valence electrons. The van der Waals surface area contributed by atoms with Crippen LogP contribution in [0.3, 0.4) is 0 Å². The lowest BCUT2D eigenvalue weighted by Gasteiger charge is -2.69. The van der Waals surface area contributed by atoms with Crippen molar-refractivity contribution in [3.05, 3.63) is 0 Å². The molecule has 0 aromatic heterocycles. The Kier molecular flexibility index (Phi) is 4.91. The first-order chi connectivity index (χ1) is 15.0. The Morgan fingerprint density at radius 2 is 1.33 bits per heavy atom. The van der Waals surface area contributed by atoms with Gasteiger partial charge in [0.2, 0.25) is 0 Å². The summed E-state index contributed by atoms with van der Waals surface area (Å²) in [5, 5.41) is 22.6. The van der Waals surface area contributed by atoms with Crippen LogP contribution >= 0.6 is 0 Å². The second kappa shape index (κ2) is 6.67. The highest BCUT2D eigenvalue weighted by Crippen LogP contribution is 2.77. The molecule has 0 aromatic carbocycles. The molecule has 5 aliphatic rings. The van der Waals surface area contributed by atoms with Gasteiger partial charge in [-0.05, 0) is 103 Å². The number of aliphatic hydroxyl groups excluding tert-OH is 2. The molecule has 5 saturated carbocycles. The summed E-state index contributed by atoms with van der Waals surface area (Å²) in [5.41, 5.74) is -0.842. The lowest BCUT2D eigenvalue weighted by Crippen LogP contribution is -2.69. The summed E-state index contributed by atoms with van der Waals surface area (Å²) in [4.78, 5) is 15.0. The third-order valence-corrected chi connectivity index (χ3v) is 13.7. The van der Waals surface area contributed by atoms with Crippen LogP contribution in [0.1, 0.15) is 120 Å². The molecule has 3 heteroatoms. The van der Waals surface area contributed by atoms with E-state index in [9.17, 15) is 15.0 Å². The van der Waals surface area contributed by atoms with Crippen LogP contribution in [0.5, 0.6) is 0 Å². The van der Waals surface area contributed by atoms with Crippen molar-refractivity contribution in [1.82, 2.24) is 0 Å². The van der Waals surface area contributed by atoms with Gasteiger partial charge in [0, 0.05) is 5.41 Å². The molecule has 0 aromatic rings. The Hall–Kier alpha value is -0.410. The highest BCUT2D eigenvalue weighted by Gasteiger charge is 2.77. The van der Waals surface area contributed by atoms with Crippen LogP contribution in [0.15, 0.2) is 0 Å². The summed E-state index contributed by atoms with van der Waals surface area (Å²) in [7, 11) is 0. The predicted octanol–water partition coefficient (Wildman–Crippen LogP) is 6.54. The molecule has 9 unspecified atom stereocenters. The first-order valence-corrected chi connectivity index (χ1v) is 13.9. The number of carbonyl (C=O) groups is 1. The zero-order valence-electron chi connectivity index (χ0n) is 22.7. The van der Waals surface area contributed by atoms with E-state index in [-0.39, 0.29) is 33.7 Å². The molecule has 9 atom stereocenters. The van der Waals surface area contributed by atoms with Crippen molar-refractivity contribution < 1.29 is 15.0 Å². The first kappa shape index (κ1) is 24.3. The lowest BCUT2D eigenvalue weighted by atomic mass is 9.34. The number of aliphatic hydroxyl groups is 2. The summed E-state index contributed by atoms with van der Waals surface area (Å²) < 4.78 is 0. The Morgan fingerprint density at radius 1 is 0.697 bits per heavy atom. The zero-order chi connectivity index (χ0) is 24.5. The Morgan fingerprint density at radius 3 is 2.00 bits per heavy atom. The number of Topliss-reactive ketones (excluding diaryl/α,β-unsaturated/α-hetero) is 1. The average Bonchev–Trinajstić information content (AvgIpc) is 2.96. The van der Waals surface area contributed by atoms with Crippen LogP contribution < -0.4 is 0 Å². The molecule has 5 rings (SSSR count). The molecule has 0 aliphatic heterocycles. The molecule has 0 bridgehead atoms. The van der Waals surface area contributed by atoms with Crippen LogP contribution in [-0.4, -0.2) is 28.2 Å². The molecule has 2 N–H and O–H groups in total. The van der Waals surface area contributed by atoms with Crippen molar-refractivity contribution in [2.45, 2.75) is 132 Å². The van der Waals surface area contributed by atoms with E-state index in [0.29, 0.717) is 29.0 Å². The number of ketones is 1. The van der Waals surface area contributed by atoms with Crippen molar-refractivity contribution in [3.63, 3.8) is 0 Å². The second-order valence-corrected chi connectivity index (χ2v) is 15.7. The maximum atomic E-state index is 15.0. The van der Waals surface area contributed by atoms with Gasteiger partial charge in [0.1, 0.15) is 5.78 Å². The normalized spacial score (nSPS) is 57.3.